The summed E-state index contributed by atoms with van der Waals surface area (Å²) < 4.78 is 4.25. The maximum atomic E-state index is 4.25. The van der Waals surface area contributed by atoms with Gasteiger partial charge >= 0.3 is 0 Å². The Labute approximate surface area is 84.3 Å². The third kappa shape index (κ3) is 9300. The van der Waals surface area contributed by atoms with E-state index in [1.807, 2.05) is 12.5 Å². The van der Waals surface area contributed by atoms with Crippen LogP contribution in [0.4, 0.5) is 0 Å². The van der Waals surface area contributed by atoms with E-state index >= 15 is 0 Å². The van der Waals surface area contributed by atoms with E-state index in [1.165, 1.54) is 12.8 Å². The molecule has 0 aromatic rings. The van der Waals surface area contributed by atoms with Crippen molar-refractivity contribution in [1.29, 1.82) is 0 Å². The number of rotatable bonds is 0. The van der Waals surface area contributed by atoms with E-state index in [9.17, 15) is 0 Å². The van der Waals surface area contributed by atoms with Crippen LogP contribution in [-0.2, 0) is 4.74 Å². The Bertz CT molecular complexity index is 17.8. The van der Waals surface area contributed by atoms with E-state index < -0.39 is 0 Å². The average Bonchev–Trinajstić information content (AvgIpc) is 1.92. The van der Waals surface area contributed by atoms with E-state index in [0.29, 0.717) is 0 Å². The molecule has 0 aliphatic rings. The second-order valence-corrected chi connectivity index (χ2v) is 3.05. The lowest BCUT2D eigenvalue weighted by Crippen LogP contribution is -1.55. The third-order valence-corrected chi connectivity index (χ3v) is 0. The lowest BCUT2D eigenvalue weighted by atomic mass is 10.6. The Hall–Kier alpha value is 0.310. The van der Waals surface area contributed by atoms with E-state index in [-0.39, 0.29) is 0 Å². The van der Waals surface area contributed by atoms with Crippen LogP contribution in [0, 0.1) is 0 Å². The Morgan fingerprint density at radius 3 is 0.833 bits per heavy atom. The molecule has 0 aromatic heterocycles. The fraction of sp³-hybridized carbons (Fsp3) is 1.00. The van der Waals surface area contributed by atoms with E-state index in [2.05, 4.69) is 32.4 Å². The lowest BCUT2D eigenvalue weighted by molar-refractivity contribution is 0.277. The molecule has 0 aliphatic heterocycles. The van der Waals surface area contributed by atoms with E-state index in [0.717, 1.165) is 0 Å². The van der Waals surface area contributed by atoms with Gasteiger partial charge in [0.05, 0.1) is 0 Å². The van der Waals surface area contributed by atoms with Crippen LogP contribution in [0.5, 0.6) is 0 Å². The molecule has 0 heterocycles. The lowest BCUT2D eigenvalue weighted by Gasteiger charge is -1.61. The Morgan fingerprint density at radius 1 is 0.833 bits per heavy atom. The molecule has 0 atom stereocenters. The van der Waals surface area contributed by atoms with Gasteiger partial charge in [-0.1, -0.05) is 40.5 Å². The zero-order valence-corrected chi connectivity index (χ0v) is 11.0. The van der Waals surface area contributed by atoms with Gasteiger partial charge in [0.15, 0.2) is 0 Å². The number of methoxy groups -OCH3 is 1. The molecular formula is C10H28OS. The molecule has 0 radical (unpaired) electrons. The molecule has 0 saturated heterocycles. The van der Waals surface area contributed by atoms with Crippen LogP contribution in [0.2, 0.25) is 0 Å². The van der Waals surface area contributed by atoms with Crippen molar-refractivity contribution in [1.82, 2.24) is 0 Å². The predicted octanol–water partition coefficient (Wildman–Crippen LogP) is 4.07. The number of thioether (sulfide) groups is 1. The molecule has 0 fully saturated rings. The van der Waals surface area contributed by atoms with Gasteiger partial charge in [0, 0.05) is 14.2 Å². The normalized spacial score (nSPS) is 6.00. The first-order chi connectivity index (χ1) is 5.66. The molecule has 0 bridgehead atoms. The molecule has 0 rings (SSSR count). The van der Waals surface area contributed by atoms with E-state index in [1.54, 1.807) is 26.0 Å². The van der Waals surface area contributed by atoms with Crippen molar-refractivity contribution in [2.75, 3.05) is 26.7 Å². The molecule has 1 nitrogen and oxygen atoms in total. The molecule has 0 saturated carbocycles. The van der Waals surface area contributed by atoms with Crippen molar-refractivity contribution in [2.24, 2.45) is 0 Å². The van der Waals surface area contributed by atoms with Crippen molar-refractivity contribution in [3.8, 4) is 0 Å². The summed E-state index contributed by atoms with van der Waals surface area (Å²) in [5.74, 6) is 0. The molecule has 0 aliphatic carbocycles. The first kappa shape index (κ1) is 22.8. The topological polar surface area (TPSA) is 9.23 Å². The van der Waals surface area contributed by atoms with Crippen LogP contribution < -0.4 is 0 Å². The number of hydrogen-bond donors (Lipinski definition) is 0. The van der Waals surface area contributed by atoms with Gasteiger partial charge in [-0.2, -0.15) is 11.8 Å². The van der Waals surface area contributed by atoms with Gasteiger partial charge in [-0.05, 0) is 12.5 Å². The maximum absolute atomic E-state index is 4.25. The van der Waals surface area contributed by atoms with Crippen molar-refractivity contribution < 1.29 is 4.74 Å². The smallest absolute Gasteiger partial charge is 0.0351 e. The summed E-state index contributed by atoms with van der Waals surface area (Å²) in [5.41, 5.74) is 0. The van der Waals surface area contributed by atoms with Gasteiger partial charge in [-0.3, -0.25) is 0 Å². The highest BCUT2D eigenvalue weighted by molar-refractivity contribution is 7.97. The van der Waals surface area contributed by atoms with Gasteiger partial charge in [-0.25, -0.2) is 0 Å². The van der Waals surface area contributed by atoms with Crippen LogP contribution in [0.15, 0.2) is 0 Å². The van der Waals surface area contributed by atoms with Crippen molar-refractivity contribution in [3.63, 3.8) is 0 Å². The summed E-state index contributed by atoms with van der Waals surface area (Å²) in [5, 5.41) is 0. The monoisotopic (exact) mass is 196 g/mol. The first-order valence-corrected chi connectivity index (χ1v) is 6.09. The summed E-state index contributed by atoms with van der Waals surface area (Å²) in [6.07, 6.45) is 6.58. The summed E-state index contributed by atoms with van der Waals surface area (Å²) in [4.78, 5) is 0. The van der Waals surface area contributed by atoms with Crippen LogP contribution in [-0.4, -0.2) is 26.7 Å². The first-order valence-electron chi connectivity index (χ1n) is 4.46. The highest BCUT2D eigenvalue weighted by atomic mass is 32.2. The standard InChI is InChI=1S/2C3H8.C2H6O.C2H6S/c4*1-3-2/h2*3H2,1-2H3;2*1-2H3. The molecule has 0 unspecified atom stereocenters. The van der Waals surface area contributed by atoms with Crippen LogP contribution >= 0.6 is 11.8 Å². The largest absolute Gasteiger partial charge is 0.388 e. The van der Waals surface area contributed by atoms with Crippen molar-refractivity contribution in [2.45, 2.75) is 40.5 Å². The molecule has 0 amide bonds. The van der Waals surface area contributed by atoms with Gasteiger partial charge in [-0.15, -0.1) is 0 Å². The summed E-state index contributed by atoms with van der Waals surface area (Å²) >= 11 is 1.75. The Morgan fingerprint density at radius 2 is 0.833 bits per heavy atom. The zero-order chi connectivity index (χ0) is 10.8. The SMILES string of the molecule is CCC.CCC.COC.CSC. The average molecular weight is 196 g/mol. The quantitative estimate of drug-likeness (QED) is 0.577. The molecule has 0 spiro atoms. The third-order valence-electron chi connectivity index (χ3n) is 0. The molecule has 80 valence electrons. The van der Waals surface area contributed by atoms with E-state index in [4.69, 9.17) is 0 Å². The van der Waals surface area contributed by atoms with Crippen LogP contribution in [0.3, 0.4) is 0 Å². The molecule has 2 heteroatoms. The molecule has 12 heavy (non-hydrogen) atoms. The number of ether oxygens (including phenoxy) is 1. The summed E-state index contributed by atoms with van der Waals surface area (Å²) in [7, 11) is 3.25. The van der Waals surface area contributed by atoms with Crippen molar-refractivity contribution >= 4 is 11.8 Å². The molecular weight excluding hydrogens is 168 g/mol. The zero-order valence-electron chi connectivity index (χ0n) is 10.2. The Kier molecular flexibility index (Phi) is 123. The highest BCUT2D eigenvalue weighted by Gasteiger charge is 1.36. The second-order valence-electron chi connectivity index (χ2n) is 2.23. The van der Waals surface area contributed by atoms with Gasteiger partial charge in [0.2, 0.25) is 0 Å². The van der Waals surface area contributed by atoms with Gasteiger partial charge in [0.1, 0.15) is 0 Å². The molecule has 0 N–H and O–H groups in total. The minimum absolute atomic E-state index is 1.25. The minimum atomic E-state index is 1.25. The second kappa shape index (κ2) is 64.7. The summed E-state index contributed by atoms with van der Waals surface area (Å²) in [6.45, 7) is 8.50. The highest BCUT2D eigenvalue weighted by Crippen LogP contribution is 1.70. The minimum Gasteiger partial charge on any atom is -0.388 e. The maximum Gasteiger partial charge on any atom is 0.0351 e. The van der Waals surface area contributed by atoms with Crippen molar-refractivity contribution in [3.05, 3.63) is 0 Å². The van der Waals surface area contributed by atoms with Gasteiger partial charge < -0.3 is 4.74 Å². The van der Waals surface area contributed by atoms with Crippen LogP contribution in [0.1, 0.15) is 40.5 Å². The Balaban J connectivity index is -0.0000000356. The number of hydrogen-bond acceptors (Lipinski definition) is 2. The fourth-order valence-corrected chi connectivity index (χ4v) is 0. The summed E-state index contributed by atoms with van der Waals surface area (Å²) in [6, 6.07) is 0. The van der Waals surface area contributed by atoms with Crippen LogP contribution in [0.25, 0.3) is 0 Å². The predicted molar refractivity (Wildman–Crippen MR) is 64.3 cm³/mol. The van der Waals surface area contributed by atoms with Gasteiger partial charge in [0.25, 0.3) is 0 Å². The fourth-order valence-electron chi connectivity index (χ4n) is 0. The molecule has 0 aromatic carbocycles.